The van der Waals surface area contributed by atoms with Crippen LogP contribution in [0.25, 0.3) is 0 Å². The van der Waals surface area contributed by atoms with Gasteiger partial charge in [-0.3, -0.25) is 9.52 Å². The Morgan fingerprint density at radius 3 is 2.71 bits per heavy atom. The van der Waals surface area contributed by atoms with Crippen molar-refractivity contribution in [2.75, 3.05) is 10.0 Å². The van der Waals surface area contributed by atoms with Gasteiger partial charge in [-0.05, 0) is 18.6 Å². The van der Waals surface area contributed by atoms with E-state index >= 15 is 0 Å². The Bertz CT molecular complexity index is 769. The van der Waals surface area contributed by atoms with Gasteiger partial charge in [-0.2, -0.15) is 8.42 Å². The summed E-state index contributed by atoms with van der Waals surface area (Å²) in [5.41, 5.74) is 0.792. The molecule has 21 heavy (non-hydrogen) atoms. The highest BCUT2D eigenvalue weighted by atomic mass is 35.5. The lowest BCUT2D eigenvalue weighted by atomic mass is 10.3. The highest BCUT2D eigenvalue weighted by molar-refractivity contribution is 7.94. The molecule has 2 aromatic heterocycles. The molecule has 11 heteroatoms. The lowest BCUT2D eigenvalue weighted by Gasteiger charge is -2.09. The molecule has 0 bridgehead atoms. The van der Waals surface area contributed by atoms with Crippen molar-refractivity contribution >= 4 is 49.7 Å². The number of rotatable bonds is 4. The summed E-state index contributed by atoms with van der Waals surface area (Å²) in [6.07, 6.45) is 1.47. The quantitative estimate of drug-likeness (QED) is 0.642. The van der Waals surface area contributed by atoms with Crippen molar-refractivity contribution in [2.24, 2.45) is 0 Å². The number of aromatic nitrogens is 3. The predicted molar refractivity (Wildman–Crippen MR) is 79.0 cm³/mol. The molecule has 0 aromatic carbocycles. The number of amides is 1. The van der Waals surface area contributed by atoms with E-state index < -0.39 is 10.0 Å². The van der Waals surface area contributed by atoms with Crippen LogP contribution in [-0.2, 0) is 14.8 Å². The van der Waals surface area contributed by atoms with E-state index in [1.807, 2.05) is 0 Å². The third-order valence-electron chi connectivity index (χ3n) is 2.27. The first-order valence-electron chi connectivity index (χ1n) is 5.54. The highest BCUT2D eigenvalue weighted by Gasteiger charge is 2.22. The average Bonchev–Trinajstić information content (AvgIpc) is 2.82. The van der Waals surface area contributed by atoms with Crippen LogP contribution < -0.4 is 10.0 Å². The van der Waals surface area contributed by atoms with Crippen LogP contribution in [0.4, 0.5) is 10.8 Å². The summed E-state index contributed by atoms with van der Waals surface area (Å²) in [6, 6.07) is 1.62. The van der Waals surface area contributed by atoms with E-state index in [9.17, 15) is 13.2 Å². The van der Waals surface area contributed by atoms with E-state index in [0.717, 1.165) is 11.3 Å². The van der Waals surface area contributed by atoms with Gasteiger partial charge in [0.05, 0.1) is 5.69 Å². The first-order valence-corrected chi connectivity index (χ1v) is 8.22. The van der Waals surface area contributed by atoms with E-state index in [-0.39, 0.29) is 26.2 Å². The Morgan fingerprint density at radius 2 is 2.10 bits per heavy atom. The number of carbonyl (C=O) groups excluding carboxylic acids is 1. The minimum atomic E-state index is -3.95. The van der Waals surface area contributed by atoms with Gasteiger partial charge in [0.1, 0.15) is 0 Å². The van der Waals surface area contributed by atoms with E-state index in [1.165, 1.54) is 13.1 Å². The zero-order chi connectivity index (χ0) is 15.6. The van der Waals surface area contributed by atoms with E-state index in [2.05, 4.69) is 25.2 Å². The van der Waals surface area contributed by atoms with E-state index in [1.54, 1.807) is 13.0 Å². The lowest BCUT2D eigenvalue weighted by molar-refractivity contribution is -0.114. The molecule has 2 heterocycles. The Kier molecular flexibility index (Phi) is 4.40. The van der Waals surface area contributed by atoms with Gasteiger partial charge in [-0.1, -0.05) is 22.9 Å². The summed E-state index contributed by atoms with van der Waals surface area (Å²) in [5.74, 6) is -0.366. The van der Waals surface area contributed by atoms with Gasteiger partial charge >= 0.3 is 0 Å². The molecule has 2 aromatic rings. The largest absolute Gasteiger partial charge is 0.301 e. The molecule has 0 aliphatic carbocycles. The Morgan fingerprint density at radius 1 is 1.38 bits per heavy atom. The van der Waals surface area contributed by atoms with Crippen LogP contribution in [0.1, 0.15) is 12.5 Å². The number of pyridine rings is 1. The number of anilines is 2. The zero-order valence-electron chi connectivity index (χ0n) is 10.9. The third kappa shape index (κ3) is 3.65. The van der Waals surface area contributed by atoms with Crippen LogP contribution in [0, 0.1) is 6.92 Å². The molecule has 2 N–H and O–H groups in total. The monoisotopic (exact) mass is 347 g/mol. The number of hydrogen-bond acceptors (Lipinski definition) is 7. The minimum absolute atomic E-state index is 0.0326. The highest BCUT2D eigenvalue weighted by Crippen LogP contribution is 2.27. The summed E-state index contributed by atoms with van der Waals surface area (Å²) in [5, 5.41) is 9.60. The number of carbonyl (C=O) groups is 1. The molecule has 1 amide bonds. The minimum Gasteiger partial charge on any atom is -0.301 e. The number of nitrogens with zero attached hydrogens (tertiary/aromatic N) is 3. The van der Waals surface area contributed by atoms with E-state index in [0.29, 0.717) is 5.56 Å². The first-order chi connectivity index (χ1) is 9.79. The Labute approximate surface area is 129 Å². The molecule has 0 spiro atoms. The number of nitrogens with one attached hydrogen (secondary N) is 2. The van der Waals surface area contributed by atoms with Crippen LogP contribution in [0.15, 0.2) is 16.6 Å². The second-order valence-corrected chi connectivity index (χ2v) is 7.15. The Hall–Kier alpha value is -1.78. The number of aryl methyl sites for hydroxylation is 1. The number of hydrogen-bond donors (Lipinski definition) is 2. The summed E-state index contributed by atoms with van der Waals surface area (Å²) in [6.45, 7) is 2.97. The van der Waals surface area contributed by atoms with Gasteiger partial charge in [0.2, 0.25) is 11.0 Å². The van der Waals surface area contributed by atoms with Gasteiger partial charge in [0, 0.05) is 13.1 Å². The number of halogens is 1. The second kappa shape index (κ2) is 5.92. The van der Waals surface area contributed by atoms with Gasteiger partial charge in [0.15, 0.2) is 5.15 Å². The normalized spacial score (nSPS) is 11.2. The van der Waals surface area contributed by atoms with E-state index in [4.69, 9.17) is 11.6 Å². The SMILES string of the molecule is CC(=O)Nc1nnc(S(=O)(=O)Nc2c(C)ccnc2Cl)s1. The van der Waals surface area contributed by atoms with Gasteiger partial charge in [-0.15, -0.1) is 10.2 Å². The molecular weight excluding hydrogens is 338 g/mol. The van der Waals surface area contributed by atoms with Crippen LogP contribution >= 0.6 is 22.9 Å². The lowest BCUT2D eigenvalue weighted by Crippen LogP contribution is -2.14. The molecule has 0 aliphatic heterocycles. The molecule has 112 valence electrons. The standard InChI is InChI=1S/C10H10ClN5O3S2/c1-5-3-4-12-8(11)7(5)16-21(18,19)10-15-14-9(20-10)13-6(2)17/h3-4,16H,1-2H3,(H,13,14,17). The molecule has 8 nitrogen and oxygen atoms in total. The van der Waals surface area contributed by atoms with Gasteiger partial charge in [0.25, 0.3) is 14.4 Å². The fourth-order valence-electron chi connectivity index (χ4n) is 1.35. The van der Waals surface area contributed by atoms with Crippen molar-refractivity contribution in [2.45, 2.75) is 18.2 Å². The third-order valence-corrected chi connectivity index (χ3v) is 5.11. The summed E-state index contributed by atoms with van der Waals surface area (Å²) in [4.78, 5) is 14.7. The van der Waals surface area contributed by atoms with Crippen molar-refractivity contribution in [3.63, 3.8) is 0 Å². The molecule has 0 unspecified atom stereocenters. The van der Waals surface area contributed by atoms with Crippen molar-refractivity contribution in [1.29, 1.82) is 0 Å². The maximum atomic E-state index is 12.2. The van der Waals surface area contributed by atoms with Crippen molar-refractivity contribution in [3.05, 3.63) is 23.0 Å². The smallest absolute Gasteiger partial charge is 0.291 e. The molecule has 0 radical (unpaired) electrons. The molecular formula is C10H10ClN5O3S2. The molecule has 0 saturated carbocycles. The zero-order valence-corrected chi connectivity index (χ0v) is 13.3. The average molecular weight is 348 g/mol. The summed E-state index contributed by atoms with van der Waals surface area (Å²) >= 11 is 6.60. The fourth-order valence-corrected chi connectivity index (χ4v) is 3.74. The molecule has 0 atom stereocenters. The fraction of sp³-hybridized carbons (Fsp3) is 0.200. The van der Waals surface area contributed by atoms with Crippen LogP contribution in [0.3, 0.4) is 0 Å². The van der Waals surface area contributed by atoms with Crippen LogP contribution in [0.5, 0.6) is 0 Å². The summed E-state index contributed by atoms with van der Waals surface area (Å²) < 4.78 is 26.4. The second-order valence-electron chi connectivity index (χ2n) is 3.95. The van der Waals surface area contributed by atoms with Crippen molar-refractivity contribution < 1.29 is 13.2 Å². The molecule has 0 saturated heterocycles. The summed E-state index contributed by atoms with van der Waals surface area (Å²) in [7, 11) is -3.95. The van der Waals surface area contributed by atoms with Crippen LogP contribution in [-0.4, -0.2) is 29.5 Å². The van der Waals surface area contributed by atoms with Crippen molar-refractivity contribution in [3.8, 4) is 0 Å². The molecule has 0 aliphatic rings. The van der Waals surface area contributed by atoms with Gasteiger partial charge < -0.3 is 5.32 Å². The molecule has 0 fully saturated rings. The first kappa shape index (κ1) is 15.6. The molecule has 2 rings (SSSR count). The van der Waals surface area contributed by atoms with Crippen molar-refractivity contribution in [1.82, 2.24) is 15.2 Å². The van der Waals surface area contributed by atoms with Gasteiger partial charge in [-0.25, -0.2) is 4.98 Å². The maximum absolute atomic E-state index is 12.2. The number of sulfonamides is 1. The van der Waals surface area contributed by atoms with Crippen LogP contribution in [0.2, 0.25) is 5.15 Å². The maximum Gasteiger partial charge on any atom is 0.291 e. The Balaban J connectivity index is 2.30. The topological polar surface area (TPSA) is 114 Å². The predicted octanol–water partition coefficient (Wildman–Crippen LogP) is 1.65.